The fraction of sp³-hybridized carbons (Fsp3) is 1.00. The van der Waals surface area contributed by atoms with Crippen molar-refractivity contribution in [3.63, 3.8) is 0 Å². The van der Waals surface area contributed by atoms with E-state index in [2.05, 4.69) is 30.6 Å². The summed E-state index contributed by atoms with van der Waals surface area (Å²) in [5, 5.41) is 0. The molecule has 0 aromatic heterocycles. The molecule has 2 fully saturated rings. The first-order valence-electron chi connectivity index (χ1n) is 7.59. The summed E-state index contributed by atoms with van der Waals surface area (Å²) < 4.78 is 23.3. The lowest BCUT2D eigenvalue weighted by atomic mass is 9.89. The molecule has 0 radical (unpaired) electrons. The second-order valence-electron chi connectivity index (χ2n) is 7.23. The van der Waals surface area contributed by atoms with E-state index in [-0.39, 0.29) is 11.1 Å². The Bertz CT molecular complexity index is 420. The van der Waals surface area contributed by atoms with Crippen LogP contribution < -0.4 is 5.73 Å². The zero-order valence-corrected chi connectivity index (χ0v) is 13.9. The Hall–Kier alpha value is -0.170. The highest BCUT2D eigenvalue weighted by Crippen LogP contribution is 2.31. The van der Waals surface area contributed by atoms with E-state index in [9.17, 15) is 8.42 Å². The zero-order valence-electron chi connectivity index (χ0n) is 13.1. The highest BCUT2D eigenvalue weighted by molar-refractivity contribution is 7.91. The van der Waals surface area contributed by atoms with E-state index in [1.807, 2.05) is 0 Å². The van der Waals surface area contributed by atoms with Gasteiger partial charge in [0.15, 0.2) is 0 Å². The van der Waals surface area contributed by atoms with Crippen molar-refractivity contribution >= 4 is 9.84 Å². The van der Waals surface area contributed by atoms with Crippen LogP contribution in [0, 0.1) is 0 Å². The van der Waals surface area contributed by atoms with Crippen molar-refractivity contribution in [2.75, 3.05) is 44.2 Å². The third kappa shape index (κ3) is 3.35. The molecule has 20 heavy (non-hydrogen) atoms. The quantitative estimate of drug-likeness (QED) is 0.795. The van der Waals surface area contributed by atoms with E-state index >= 15 is 0 Å². The predicted octanol–water partition coefficient (Wildman–Crippen LogP) is 0.309. The molecule has 2 rings (SSSR count). The lowest BCUT2D eigenvalue weighted by molar-refractivity contribution is -0.000410. The highest BCUT2D eigenvalue weighted by atomic mass is 32.2. The Morgan fingerprint density at radius 3 is 1.95 bits per heavy atom. The predicted molar refractivity (Wildman–Crippen MR) is 82.6 cm³/mol. The maximum absolute atomic E-state index is 11.7. The van der Waals surface area contributed by atoms with Crippen molar-refractivity contribution in [3.8, 4) is 0 Å². The summed E-state index contributed by atoms with van der Waals surface area (Å²) in [6.45, 7) is 11.4. The van der Waals surface area contributed by atoms with Crippen molar-refractivity contribution in [2.24, 2.45) is 5.73 Å². The largest absolute Gasteiger partial charge is 0.329 e. The van der Waals surface area contributed by atoms with E-state index in [0.29, 0.717) is 30.9 Å². The van der Waals surface area contributed by atoms with Gasteiger partial charge >= 0.3 is 0 Å². The van der Waals surface area contributed by atoms with Crippen LogP contribution >= 0.6 is 0 Å². The summed E-state index contributed by atoms with van der Waals surface area (Å²) in [6, 6.07) is 0. The molecule has 6 heteroatoms. The van der Waals surface area contributed by atoms with E-state index in [1.165, 1.54) is 0 Å². The smallest absolute Gasteiger partial charge is 0.150 e. The Morgan fingerprint density at radius 1 is 1.05 bits per heavy atom. The van der Waals surface area contributed by atoms with Crippen molar-refractivity contribution in [1.29, 1.82) is 0 Å². The van der Waals surface area contributed by atoms with Crippen LogP contribution in [0.1, 0.15) is 33.6 Å². The van der Waals surface area contributed by atoms with Gasteiger partial charge in [0, 0.05) is 43.8 Å². The fourth-order valence-corrected chi connectivity index (χ4v) is 5.01. The molecule has 0 bridgehead atoms. The summed E-state index contributed by atoms with van der Waals surface area (Å²) in [7, 11) is -2.83. The first-order chi connectivity index (χ1) is 9.19. The topological polar surface area (TPSA) is 66.6 Å². The highest BCUT2D eigenvalue weighted by Gasteiger charge is 2.42. The van der Waals surface area contributed by atoms with E-state index in [1.54, 1.807) is 0 Å². The van der Waals surface area contributed by atoms with Gasteiger partial charge in [0.1, 0.15) is 9.84 Å². The Morgan fingerprint density at radius 2 is 1.55 bits per heavy atom. The average Bonchev–Trinajstić information content (AvgIpc) is 2.39. The van der Waals surface area contributed by atoms with Gasteiger partial charge < -0.3 is 5.73 Å². The Balaban J connectivity index is 2.01. The normalized spacial score (nSPS) is 28.4. The minimum absolute atomic E-state index is 0.0880. The third-order valence-electron chi connectivity index (χ3n) is 5.04. The van der Waals surface area contributed by atoms with Crippen LogP contribution in [0.3, 0.4) is 0 Å². The van der Waals surface area contributed by atoms with Gasteiger partial charge in [0.2, 0.25) is 0 Å². The lowest BCUT2D eigenvalue weighted by Gasteiger charge is -2.51. The molecule has 0 unspecified atom stereocenters. The van der Waals surface area contributed by atoms with Crippen LogP contribution in [0.5, 0.6) is 0 Å². The summed E-state index contributed by atoms with van der Waals surface area (Å²) in [5.74, 6) is 0.591. The lowest BCUT2D eigenvalue weighted by Crippen LogP contribution is -2.64. The van der Waals surface area contributed by atoms with Gasteiger partial charge in [0.05, 0.1) is 11.5 Å². The van der Waals surface area contributed by atoms with Gasteiger partial charge in [0.25, 0.3) is 0 Å². The van der Waals surface area contributed by atoms with Crippen molar-refractivity contribution in [2.45, 2.75) is 44.7 Å². The first-order valence-corrected chi connectivity index (χ1v) is 9.41. The monoisotopic (exact) mass is 303 g/mol. The van der Waals surface area contributed by atoms with Gasteiger partial charge in [-0.05, 0) is 33.6 Å². The van der Waals surface area contributed by atoms with Crippen LogP contribution in [0.15, 0.2) is 0 Å². The number of sulfone groups is 1. The number of nitrogens with two attached hydrogens (primary N) is 1. The maximum atomic E-state index is 11.7. The first kappa shape index (κ1) is 16.2. The molecule has 0 saturated carbocycles. The van der Waals surface area contributed by atoms with E-state index < -0.39 is 9.84 Å². The van der Waals surface area contributed by atoms with Crippen molar-refractivity contribution in [3.05, 3.63) is 0 Å². The summed E-state index contributed by atoms with van der Waals surface area (Å²) in [6.07, 6.45) is 1.39. The number of hydrogen-bond acceptors (Lipinski definition) is 5. The molecule has 0 spiro atoms. The van der Waals surface area contributed by atoms with Crippen LogP contribution in [0.2, 0.25) is 0 Å². The standard InChI is InChI=1S/C14H29N3O2S/c1-13(2,3)16-6-8-17(9-7-16)14(12-15)4-10-20(18,19)11-5-14/h4-12,15H2,1-3H3. The second-order valence-corrected chi connectivity index (χ2v) is 9.53. The number of hydrogen-bond donors (Lipinski definition) is 1. The van der Waals surface area contributed by atoms with Crippen LogP contribution in [-0.4, -0.2) is 73.5 Å². The molecular formula is C14H29N3O2S. The molecule has 0 aromatic carbocycles. The van der Waals surface area contributed by atoms with Gasteiger partial charge in [-0.1, -0.05) is 0 Å². The molecule has 0 aliphatic carbocycles. The van der Waals surface area contributed by atoms with Crippen molar-refractivity contribution in [1.82, 2.24) is 9.80 Å². The Kier molecular flexibility index (Phi) is 4.50. The zero-order chi connectivity index (χ0) is 15.0. The summed E-state index contributed by atoms with van der Waals surface area (Å²) in [5.41, 5.74) is 6.15. The van der Waals surface area contributed by atoms with Crippen LogP contribution in [0.25, 0.3) is 0 Å². The van der Waals surface area contributed by atoms with Gasteiger partial charge in [-0.2, -0.15) is 0 Å². The Labute approximate surface area is 123 Å². The molecule has 2 saturated heterocycles. The van der Waals surface area contributed by atoms with E-state index in [0.717, 1.165) is 26.2 Å². The SMILES string of the molecule is CC(C)(C)N1CCN(C2(CN)CCS(=O)(=O)CC2)CC1. The third-order valence-corrected chi connectivity index (χ3v) is 6.69. The molecule has 0 aromatic rings. The molecule has 5 nitrogen and oxygen atoms in total. The molecule has 2 heterocycles. The summed E-state index contributed by atoms with van der Waals surface area (Å²) in [4.78, 5) is 4.94. The fourth-order valence-electron chi connectivity index (χ4n) is 3.42. The van der Waals surface area contributed by atoms with Gasteiger partial charge in [-0.3, -0.25) is 9.80 Å². The number of piperazine rings is 1. The molecule has 2 N–H and O–H groups in total. The van der Waals surface area contributed by atoms with Crippen LogP contribution in [0.4, 0.5) is 0 Å². The van der Waals surface area contributed by atoms with Gasteiger partial charge in [-0.25, -0.2) is 8.42 Å². The molecule has 0 amide bonds. The molecule has 118 valence electrons. The van der Waals surface area contributed by atoms with Crippen LogP contribution in [-0.2, 0) is 9.84 Å². The minimum atomic E-state index is -2.83. The number of nitrogens with zero attached hydrogens (tertiary/aromatic N) is 2. The molecular weight excluding hydrogens is 274 g/mol. The minimum Gasteiger partial charge on any atom is -0.329 e. The summed E-state index contributed by atoms with van der Waals surface area (Å²) >= 11 is 0. The molecule has 2 aliphatic rings. The number of rotatable bonds is 2. The van der Waals surface area contributed by atoms with Gasteiger partial charge in [-0.15, -0.1) is 0 Å². The average molecular weight is 303 g/mol. The molecule has 0 atom stereocenters. The molecule has 2 aliphatic heterocycles. The van der Waals surface area contributed by atoms with Crippen molar-refractivity contribution < 1.29 is 8.42 Å². The second kappa shape index (κ2) is 5.55. The van der Waals surface area contributed by atoms with E-state index in [4.69, 9.17) is 5.73 Å². The maximum Gasteiger partial charge on any atom is 0.150 e.